The molecule has 0 heterocycles. The van der Waals surface area contributed by atoms with E-state index in [0.717, 1.165) is 5.56 Å². The topological polar surface area (TPSA) is 29.5 Å². The van der Waals surface area contributed by atoms with Crippen molar-refractivity contribution < 1.29 is 9.53 Å². The first-order valence-corrected chi connectivity index (χ1v) is 5.53. The molecule has 0 bridgehead atoms. The van der Waals surface area contributed by atoms with E-state index in [9.17, 15) is 4.79 Å². The summed E-state index contributed by atoms with van der Waals surface area (Å²) in [4.78, 5) is 13.6. The van der Waals surface area contributed by atoms with Crippen LogP contribution in [0.4, 0.5) is 0 Å². The van der Waals surface area contributed by atoms with Gasteiger partial charge in [-0.15, -0.1) is 0 Å². The molecule has 0 aliphatic carbocycles. The van der Waals surface area contributed by atoms with Gasteiger partial charge in [0.1, 0.15) is 0 Å². The van der Waals surface area contributed by atoms with Gasteiger partial charge in [0.15, 0.2) is 0 Å². The predicted molar refractivity (Wildman–Crippen MR) is 64.5 cm³/mol. The molecule has 1 aromatic rings. The predicted octanol–water partition coefficient (Wildman–Crippen LogP) is 2.18. The lowest BCUT2D eigenvalue weighted by atomic mass is 10.2. The number of rotatable bonds is 5. The van der Waals surface area contributed by atoms with Crippen molar-refractivity contribution in [2.45, 2.75) is 20.0 Å². The molecule has 3 heteroatoms. The van der Waals surface area contributed by atoms with E-state index in [1.165, 1.54) is 0 Å². The van der Waals surface area contributed by atoms with Crippen molar-refractivity contribution in [2.75, 3.05) is 20.2 Å². The molecule has 0 N–H and O–H groups in total. The van der Waals surface area contributed by atoms with Gasteiger partial charge in [-0.05, 0) is 26.0 Å². The van der Waals surface area contributed by atoms with Crippen LogP contribution in [0.25, 0.3) is 0 Å². The molecule has 0 saturated carbocycles. The standard InChI is InChI=1S/C13H19NO2/c1-11(2)16-10-9-14(3)13(15)12-7-5-4-6-8-12/h4-8,11H,9-10H2,1-3H3. The first-order chi connectivity index (χ1) is 7.61. The minimum atomic E-state index is 0.0351. The third-order valence-corrected chi connectivity index (χ3v) is 2.25. The quantitative estimate of drug-likeness (QED) is 0.762. The minimum Gasteiger partial charge on any atom is -0.377 e. The average Bonchev–Trinajstić information content (AvgIpc) is 2.28. The van der Waals surface area contributed by atoms with E-state index in [1.54, 1.807) is 11.9 Å². The van der Waals surface area contributed by atoms with Crippen LogP contribution >= 0.6 is 0 Å². The molecule has 1 aromatic carbocycles. The number of benzene rings is 1. The second kappa shape index (κ2) is 6.28. The van der Waals surface area contributed by atoms with Crippen LogP contribution in [0.1, 0.15) is 24.2 Å². The Balaban J connectivity index is 2.43. The van der Waals surface area contributed by atoms with Gasteiger partial charge in [-0.1, -0.05) is 18.2 Å². The molecule has 0 fully saturated rings. The monoisotopic (exact) mass is 221 g/mol. The van der Waals surface area contributed by atoms with Gasteiger partial charge in [0, 0.05) is 19.2 Å². The summed E-state index contributed by atoms with van der Waals surface area (Å²) < 4.78 is 5.40. The van der Waals surface area contributed by atoms with Crippen LogP contribution in [0.3, 0.4) is 0 Å². The Morgan fingerprint density at radius 3 is 2.50 bits per heavy atom. The van der Waals surface area contributed by atoms with Crippen LogP contribution in [-0.2, 0) is 4.74 Å². The van der Waals surface area contributed by atoms with E-state index in [4.69, 9.17) is 4.74 Å². The highest BCUT2D eigenvalue weighted by Gasteiger charge is 2.10. The number of carbonyl (C=O) groups is 1. The highest BCUT2D eigenvalue weighted by Crippen LogP contribution is 2.02. The Morgan fingerprint density at radius 1 is 1.31 bits per heavy atom. The Bertz CT molecular complexity index is 322. The van der Waals surface area contributed by atoms with Crippen LogP contribution < -0.4 is 0 Å². The van der Waals surface area contributed by atoms with Crippen molar-refractivity contribution in [1.29, 1.82) is 0 Å². The number of hydrogen-bond acceptors (Lipinski definition) is 2. The second-order valence-electron chi connectivity index (χ2n) is 4.01. The molecule has 16 heavy (non-hydrogen) atoms. The number of carbonyl (C=O) groups excluding carboxylic acids is 1. The fourth-order valence-electron chi connectivity index (χ4n) is 1.33. The van der Waals surface area contributed by atoms with Crippen LogP contribution in [0.15, 0.2) is 30.3 Å². The zero-order valence-corrected chi connectivity index (χ0v) is 10.1. The molecule has 0 radical (unpaired) electrons. The van der Waals surface area contributed by atoms with E-state index in [-0.39, 0.29) is 12.0 Å². The van der Waals surface area contributed by atoms with E-state index < -0.39 is 0 Å². The van der Waals surface area contributed by atoms with E-state index in [0.29, 0.717) is 13.2 Å². The normalized spacial score (nSPS) is 10.5. The zero-order valence-electron chi connectivity index (χ0n) is 10.1. The average molecular weight is 221 g/mol. The number of amides is 1. The number of ether oxygens (including phenoxy) is 1. The summed E-state index contributed by atoms with van der Waals surface area (Å²) in [5, 5.41) is 0. The third-order valence-electron chi connectivity index (χ3n) is 2.25. The molecule has 1 rings (SSSR count). The number of likely N-dealkylation sites (N-methyl/N-ethyl adjacent to an activating group) is 1. The first-order valence-electron chi connectivity index (χ1n) is 5.53. The van der Waals surface area contributed by atoms with E-state index in [1.807, 2.05) is 44.2 Å². The van der Waals surface area contributed by atoms with Crippen molar-refractivity contribution in [3.8, 4) is 0 Å². The summed E-state index contributed by atoms with van der Waals surface area (Å²) in [5.74, 6) is 0.0351. The van der Waals surface area contributed by atoms with E-state index in [2.05, 4.69) is 0 Å². The Labute approximate surface area is 97.0 Å². The molecule has 0 aliphatic rings. The number of hydrogen-bond donors (Lipinski definition) is 0. The van der Waals surface area contributed by atoms with Crippen molar-refractivity contribution >= 4 is 5.91 Å². The van der Waals surface area contributed by atoms with Gasteiger partial charge in [0.25, 0.3) is 5.91 Å². The summed E-state index contributed by atoms with van der Waals surface area (Å²) in [6.07, 6.45) is 0.209. The van der Waals surface area contributed by atoms with Crippen molar-refractivity contribution in [1.82, 2.24) is 4.90 Å². The van der Waals surface area contributed by atoms with Crippen molar-refractivity contribution in [3.63, 3.8) is 0 Å². The van der Waals surface area contributed by atoms with Crippen LogP contribution in [0.5, 0.6) is 0 Å². The molecule has 1 amide bonds. The molecule has 3 nitrogen and oxygen atoms in total. The maximum atomic E-state index is 11.9. The van der Waals surface area contributed by atoms with Crippen molar-refractivity contribution in [2.24, 2.45) is 0 Å². The lowest BCUT2D eigenvalue weighted by Crippen LogP contribution is -2.30. The van der Waals surface area contributed by atoms with Gasteiger partial charge in [-0.25, -0.2) is 0 Å². The lowest BCUT2D eigenvalue weighted by molar-refractivity contribution is 0.0532. The zero-order chi connectivity index (χ0) is 12.0. The molecular weight excluding hydrogens is 202 g/mol. The van der Waals surface area contributed by atoms with Crippen LogP contribution in [0.2, 0.25) is 0 Å². The fourth-order valence-corrected chi connectivity index (χ4v) is 1.33. The Kier molecular flexibility index (Phi) is 4.99. The maximum Gasteiger partial charge on any atom is 0.253 e. The molecule has 0 aromatic heterocycles. The second-order valence-corrected chi connectivity index (χ2v) is 4.01. The largest absolute Gasteiger partial charge is 0.377 e. The SMILES string of the molecule is CC(C)OCCN(C)C(=O)c1ccccc1. The van der Waals surface area contributed by atoms with E-state index >= 15 is 0 Å². The molecule has 0 unspecified atom stereocenters. The highest BCUT2D eigenvalue weighted by atomic mass is 16.5. The molecule has 0 spiro atoms. The maximum absolute atomic E-state index is 11.9. The summed E-state index contributed by atoms with van der Waals surface area (Å²) in [5.41, 5.74) is 0.717. The smallest absolute Gasteiger partial charge is 0.253 e. The third kappa shape index (κ3) is 4.03. The first kappa shape index (κ1) is 12.7. The van der Waals surface area contributed by atoms with Crippen LogP contribution in [-0.4, -0.2) is 37.1 Å². The van der Waals surface area contributed by atoms with Gasteiger partial charge < -0.3 is 9.64 Å². The molecule has 0 atom stereocenters. The molecular formula is C13H19NO2. The highest BCUT2D eigenvalue weighted by molar-refractivity contribution is 5.93. The van der Waals surface area contributed by atoms with Gasteiger partial charge in [0.05, 0.1) is 12.7 Å². The Morgan fingerprint density at radius 2 is 1.94 bits per heavy atom. The van der Waals surface area contributed by atoms with Crippen LogP contribution in [0, 0.1) is 0 Å². The molecule has 88 valence electrons. The summed E-state index contributed by atoms with van der Waals surface area (Å²) >= 11 is 0. The lowest BCUT2D eigenvalue weighted by Gasteiger charge is -2.18. The summed E-state index contributed by atoms with van der Waals surface area (Å²) in [6.45, 7) is 5.16. The van der Waals surface area contributed by atoms with Gasteiger partial charge in [-0.2, -0.15) is 0 Å². The molecule has 0 saturated heterocycles. The summed E-state index contributed by atoms with van der Waals surface area (Å²) in [7, 11) is 1.79. The minimum absolute atomic E-state index is 0.0351. The van der Waals surface area contributed by atoms with Gasteiger partial charge in [0.2, 0.25) is 0 Å². The fraction of sp³-hybridized carbons (Fsp3) is 0.462. The summed E-state index contributed by atoms with van der Waals surface area (Å²) in [6, 6.07) is 9.28. The van der Waals surface area contributed by atoms with Gasteiger partial charge in [-0.3, -0.25) is 4.79 Å². The Hall–Kier alpha value is -1.35. The van der Waals surface area contributed by atoms with Crippen molar-refractivity contribution in [3.05, 3.63) is 35.9 Å². The molecule has 0 aliphatic heterocycles. The number of nitrogens with zero attached hydrogens (tertiary/aromatic N) is 1. The van der Waals surface area contributed by atoms with Gasteiger partial charge >= 0.3 is 0 Å².